The van der Waals surface area contributed by atoms with Crippen LogP contribution in [0, 0.1) is 11.5 Å². The van der Waals surface area contributed by atoms with Gasteiger partial charge in [0.05, 0.1) is 0 Å². The maximum atomic E-state index is 3.63. The fourth-order valence-corrected chi connectivity index (χ4v) is 31.6. The average molecular weight is 884 g/mol. The first-order chi connectivity index (χ1) is 24.7. The van der Waals surface area contributed by atoms with Crippen LogP contribution in [0.25, 0.3) is 29.3 Å². The molecule has 0 amide bonds. The first-order valence-electron chi connectivity index (χ1n) is 20.7. The summed E-state index contributed by atoms with van der Waals surface area (Å²) >= 11 is 5.74. The fraction of sp³-hybridized carbons (Fsp3) is 0.600. The number of hydrogen-bond acceptors (Lipinski definition) is 4. The summed E-state index contributed by atoms with van der Waals surface area (Å²) in [6.07, 6.45) is 21.3. The summed E-state index contributed by atoms with van der Waals surface area (Å²) in [7, 11) is -1.42. The molecular formula is C45H68S4SiSn. The molecule has 4 rings (SSSR count). The molecule has 4 heterocycles. The van der Waals surface area contributed by atoms with Gasteiger partial charge in [-0.2, -0.15) is 0 Å². The molecule has 0 nitrogen and oxygen atoms in total. The Labute approximate surface area is 335 Å². The van der Waals surface area contributed by atoms with Crippen molar-refractivity contribution in [3.8, 4) is 40.7 Å². The predicted molar refractivity (Wildman–Crippen MR) is 245 cm³/mol. The molecule has 0 aliphatic carbocycles. The molecule has 51 heavy (non-hydrogen) atoms. The van der Waals surface area contributed by atoms with Gasteiger partial charge in [0, 0.05) is 0 Å². The standard InChI is InChI=1S/C33H41S4Si.3C4H9.Sn/c1-6-8-10-12-14-25-20-22-34-32(25)30-18-16-28(36-30)29-17-19-31(37-29)33-26(15-13-11-9-7-2)24-27(35-33)21-23-38(3,4)5;3*1-3-4-2;/h16-20,24H,6-15H2,1-5H3;3*1,3-4H2,2H3;. The zero-order chi connectivity index (χ0) is 36.7. The van der Waals surface area contributed by atoms with E-state index in [1.165, 1.54) is 138 Å². The van der Waals surface area contributed by atoms with E-state index in [2.05, 4.69) is 125 Å². The Morgan fingerprint density at radius 1 is 0.510 bits per heavy atom. The summed E-state index contributed by atoms with van der Waals surface area (Å²) in [5.74, 6) is 3.59. The Bertz CT molecular complexity index is 1630. The molecule has 4 aromatic heterocycles. The van der Waals surface area contributed by atoms with Crippen LogP contribution in [0.1, 0.15) is 141 Å². The number of aryl methyl sites for hydroxylation is 2. The molecule has 0 N–H and O–H groups in total. The van der Waals surface area contributed by atoms with E-state index in [9.17, 15) is 0 Å². The van der Waals surface area contributed by atoms with Crippen molar-refractivity contribution in [2.45, 2.75) is 170 Å². The summed E-state index contributed by atoms with van der Waals surface area (Å²) in [4.78, 5) is 10.1. The van der Waals surface area contributed by atoms with E-state index < -0.39 is 26.5 Å². The van der Waals surface area contributed by atoms with Gasteiger partial charge in [-0.25, -0.2) is 0 Å². The van der Waals surface area contributed by atoms with Gasteiger partial charge in [-0.3, -0.25) is 0 Å². The van der Waals surface area contributed by atoms with Gasteiger partial charge < -0.3 is 0 Å². The second-order valence-corrected chi connectivity index (χ2v) is 39.2. The minimum absolute atomic E-state index is 1.17. The number of unbranched alkanes of at least 4 members (excludes halogenated alkanes) is 9. The van der Waals surface area contributed by atoms with Crippen LogP contribution in [0.4, 0.5) is 0 Å². The van der Waals surface area contributed by atoms with Crippen LogP contribution in [0.5, 0.6) is 0 Å². The van der Waals surface area contributed by atoms with Crippen molar-refractivity contribution in [2.24, 2.45) is 0 Å². The van der Waals surface area contributed by atoms with Crippen molar-refractivity contribution in [1.82, 2.24) is 0 Å². The second kappa shape index (κ2) is 22.1. The van der Waals surface area contributed by atoms with E-state index in [4.69, 9.17) is 0 Å². The summed E-state index contributed by atoms with van der Waals surface area (Å²) in [5, 5.41) is 0. The van der Waals surface area contributed by atoms with E-state index >= 15 is 0 Å². The third-order valence-electron chi connectivity index (χ3n) is 10.2. The van der Waals surface area contributed by atoms with Crippen molar-refractivity contribution < 1.29 is 0 Å². The normalized spacial score (nSPS) is 12.1. The molecule has 0 aromatic carbocycles. The van der Waals surface area contributed by atoms with E-state index in [1.54, 1.807) is 23.8 Å². The maximum absolute atomic E-state index is 3.63. The van der Waals surface area contributed by atoms with Gasteiger partial charge in [-0.1, -0.05) is 51.7 Å². The van der Waals surface area contributed by atoms with Crippen LogP contribution >= 0.6 is 45.3 Å². The third kappa shape index (κ3) is 13.0. The van der Waals surface area contributed by atoms with E-state index in [1.807, 2.05) is 25.6 Å². The van der Waals surface area contributed by atoms with Crippen LogP contribution in [-0.2, 0) is 12.8 Å². The summed E-state index contributed by atoms with van der Waals surface area (Å²) in [6.45, 7) is 18.9. The molecule has 0 radical (unpaired) electrons. The van der Waals surface area contributed by atoms with Gasteiger partial charge in [-0.05, 0) is 6.42 Å². The molecule has 6 heteroatoms. The third-order valence-corrected chi connectivity index (χ3v) is 34.3. The van der Waals surface area contributed by atoms with Gasteiger partial charge in [0.1, 0.15) is 8.07 Å². The quantitative estimate of drug-likeness (QED) is 0.0396. The van der Waals surface area contributed by atoms with Gasteiger partial charge >= 0.3 is 266 Å². The van der Waals surface area contributed by atoms with Crippen molar-refractivity contribution in [3.63, 3.8) is 0 Å². The minimum atomic E-state index is -2.51. The molecule has 0 bridgehead atoms. The molecule has 0 aliphatic rings. The average Bonchev–Trinajstić information content (AvgIpc) is 3.93. The molecule has 0 saturated heterocycles. The first-order valence-corrected chi connectivity index (χ1v) is 34.9. The van der Waals surface area contributed by atoms with Gasteiger partial charge in [-0.15, -0.1) is 5.54 Å². The summed E-state index contributed by atoms with van der Waals surface area (Å²) in [6, 6.07) is 14.9. The zero-order valence-corrected chi connectivity index (χ0v) is 40.7. The van der Waals surface area contributed by atoms with Gasteiger partial charge in [0.25, 0.3) is 0 Å². The molecule has 0 fully saturated rings. The van der Waals surface area contributed by atoms with Crippen molar-refractivity contribution in [3.05, 3.63) is 52.4 Å². The number of thiophene rings is 4. The summed E-state index contributed by atoms with van der Waals surface area (Å²) < 4.78 is 6.58. The SMILES string of the molecule is CCCCCCc1cc(C#C[Si](C)(C)C)sc1-c1ccc(-c2ccc(-c3s[c]([Sn]([CH2]CCC)([CH2]CCC)[CH2]CCC)cc3CCCCCC)s2)s1. The summed E-state index contributed by atoms with van der Waals surface area (Å²) in [5.41, 5.74) is 6.82. The van der Waals surface area contributed by atoms with Crippen molar-refractivity contribution >= 4 is 74.7 Å². The Hall–Kier alpha value is -0.624. The molecule has 0 unspecified atom stereocenters. The van der Waals surface area contributed by atoms with Crippen LogP contribution in [-0.4, -0.2) is 26.5 Å². The van der Waals surface area contributed by atoms with E-state index in [0.29, 0.717) is 0 Å². The van der Waals surface area contributed by atoms with Crippen LogP contribution in [0.15, 0.2) is 36.4 Å². The predicted octanol–water partition coefficient (Wildman–Crippen LogP) is 16.5. The van der Waals surface area contributed by atoms with Crippen LogP contribution < -0.4 is 2.89 Å². The second-order valence-electron chi connectivity index (χ2n) is 16.0. The number of hydrogen-bond donors (Lipinski definition) is 0. The number of rotatable bonds is 23. The van der Waals surface area contributed by atoms with Crippen molar-refractivity contribution in [2.75, 3.05) is 0 Å². The Kier molecular flexibility index (Phi) is 18.6. The van der Waals surface area contributed by atoms with Crippen LogP contribution in [0.3, 0.4) is 0 Å². The molecule has 0 aliphatic heterocycles. The van der Waals surface area contributed by atoms with Gasteiger partial charge in [0.15, 0.2) is 0 Å². The first kappa shape index (κ1) is 43.1. The van der Waals surface area contributed by atoms with Gasteiger partial charge in [0.2, 0.25) is 0 Å². The van der Waals surface area contributed by atoms with E-state index in [0.717, 1.165) is 0 Å². The Morgan fingerprint density at radius 3 is 1.43 bits per heavy atom. The fourth-order valence-electron chi connectivity index (χ4n) is 7.18. The zero-order valence-electron chi connectivity index (χ0n) is 33.5. The Balaban J connectivity index is 1.69. The molecule has 280 valence electrons. The van der Waals surface area contributed by atoms with E-state index in [-0.39, 0.29) is 0 Å². The monoisotopic (exact) mass is 884 g/mol. The Morgan fingerprint density at radius 2 is 0.961 bits per heavy atom. The molecule has 4 aromatic rings. The molecule has 0 saturated carbocycles. The van der Waals surface area contributed by atoms with Crippen molar-refractivity contribution in [1.29, 1.82) is 0 Å². The topological polar surface area (TPSA) is 0 Å². The van der Waals surface area contributed by atoms with Crippen LogP contribution in [0.2, 0.25) is 33.0 Å². The molecular weight excluding hydrogens is 816 g/mol. The molecule has 0 atom stereocenters. The molecule has 0 spiro atoms.